The molecule has 0 saturated carbocycles. The monoisotopic (exact) mass is 310 g/mol. The largest absolute Gasteiger partial charge is 0.382 e. The van der Waals surface area contributed by atoms with E-state index in [1.807, 2.05) is 13.8 Å². The van der Waals surface area contributed by atoms with E-state index >= 15 is 0 Å². The average molecular weight is 310 g/mol. The van der Waals surface area contributed by atoms with Crippen molar-refractivity contribution in [3.05, 3.63) is 5.56 Å². The van der Waals surface area contributed by atoms with Gasteiger partial charge >= 0.3 is 0 Å². The van der Waals surface area contributed by atoms with E-state index in [4.69, 9.17) is 5.73 Å². The van der Waals surface area contributed by atoms with Crippen LogP contribution >= 0.6 is 11.5 Å². The van der Waals surface area contributed by atoms with Crippen LogP contribution in [0.4, 0.5) is 10.8 Å². The minimum absolute atomic E-state index is 0.0845. The highest BCUT2D eigenvalue weighted by molar-refractivity contribution is 7.11. The topological polar surface area (TPSA) is 71.2 Å². The molecule has 1 aliphatic rings. The van der Waals surface area contributed by atoms with Crippen molar-refractivity contribution in [3.63, 3.8) is 0 Å². The molecule has 1 fully saturated rings. The molecular formula is C15H26N4OS. The Bertz CT molecular complexity index is 514. The zero-order chi connectivity index (χ0) is 15.7. The van der Waals surface area contributed by atoms with Crippen LogP contribution in [0.1, 0.15) is 51.4 Å². The molecule has 6 heteroatoms. The number of aromatic nitrogens is 1. The summed E-state index contributed by atoms with van der Waals surface area (Å²) in [6.07, 6.45) is 1.22. The van der Waals surface area contributed by atoms with E-state index in [1.165, 1.54) is 18.0 Å². The van der Waals surface area contributed by atoms with Gasteiger partial charge in [-0.1, -0.05) is 13.8 Å². The molecule has 0 aliphatic carbocycles. The first-order chi connectivity index (χ1) is 9.81. The number of nitrogen functional groups attached to an aromatic ring is 1. The van der Waals surface area contributed by atoms with Crippen molar-refractivity contribution < 1.29 is 4.79 Å². The number of nitrogens with two attached hydrogens (primary N) is 1. The number of nitrogens with zero attached hydrogens (tertiary/aromatic N) is 2. The number of rotatable bonds is 3. The molecule has 1 aromatic heterocycles. The third-order valence-corrected chi connectivity index (χ3v) is 5.11. The summed E-state index contributed by atoms with van der Waals surface area (Å²) in [5.74, 6) is 1.43. The van der Waals surface area contributed by atoms with Gasteiger partial charge in [0.15, 0.2) is 5.82 Å². The van der Waals surface area contributed by atoms with Crippen molar-refractivity contribution in [2.24, 2.45) is 11.8 Å². The first-order valence-electron chi connectivity index (χ1n) is 7.63. The van der Waals surface area contributed by atoms with E-state index in [0.717, 1.165) is 11.5 Å². The zero-order valence-electron chi connectivity index (χ0n) is 13.5. The Balaban J connectivity index is 2.33. The van der Waals surface area contributed by atoms with Gasteiger partial charge in [0.1, 0.15) is 10.6 Å². The lowest BCUT2D eigenvalue weighted by Gasteiger charge is -2.42. The molecule has 1 amide bonds. The molecule has 2 heterocycles. The van der Waals surface area contributed by atoms with Crippen LogP contribution in [-0.4, -0.2) is 28.9 Å². The maximum absolute atomic E-state index is 12.4. The van der Waals surface area contributed by atoms with E-state index in [0.29, 0.717) is 29.3 Å². The summed E-state index contributed by atoms with van der Waals surface area (Å²) in [5.41, 5.74) is 6.49. The molecular weight excluding hydrogens is 284 g/mol. The van der Waals surface area contributed by atoms with Crippen molar-refractivity contribution >= 4 is 28.3 Å². The van der Waals surface area contributed by atoms with Gasteiger partial charge in [0.25, 0.3) is 5.91 Å². The molecule has 1 aromatic rings. The SMILES string of the molecule is CC1CC(C)C(C)N(c2snc(N)c2C(=O)NC(C)C)C1. The summed E-state index contributed by atoms with van der Waals surface area (Å²) in [6.45, 7) is 11.6. The number of carbonyl (C=O) groups is 1. The molecule has 5 nitrogen and oxygen atoms in total. The molecule has 0 radical (unpaired) electrons. The van der Waals surface area contributed by atoms with E-state index in [1.54, 1.807) is 0 Å². The summed E-state index contributed by atoms with van der Waals surface area (Å²) >= 11 is 1.34. The van der Waals surface area contributed by atoms with Gasteiger partial charge in [-0.05, 0) is 50.6 Å². The van der Waals surface area contributed by atoms with Crippen LogP contribution in [-0.2, 0) is 0 Å². The third kappa shape index (κ3) is 3.31. The lowest BCUT2D eigenvalue weighted by atomic mass is 9.86. The van der Waals surface area contributed by atoms with Crippen LogP contribution < -0.4 is 16.0 Å². The Morgan fingerprint density at radius 2 is 2.10 bits per heavy atom. The van der Waals surface area contributed by atoms with Crippen molar-refractivity contribution in [1.82, 2.24) is 9.69 Å². The number of carbonyl (C=O) groups excluding carboxylic acids is 1. The minimum Gasteiger partial charge on any atom is -0.382 e. The summed E-state index contributed by atoms with van der Waals surface area (Å²) in [4.78, 5) is 14.7. The molecule has 1 saturated heterocycles. The molecule has 0 spiro atoms. The van der Waals surface area contributed by atoms with Gasteiger partial charge in [0, 0.05) is 18.6 Å². The van der Waals surface area contributed by atoms with Gasteiger partial charge in [0.05, 0.1) is 0 Å². The van der Waals surface area contributed by atoms with Gasteiger partial charge in [-0.25, -0.2) is 0 Å². The van der Waals surface area contributed by atoms with Crippen molar-refractivity contribution in [2.45, 2.75) is 53.1 Å². The summed E-state index contributed by atoms with van der Waals surface area (Å²) in [7, 11) is 0. The molecule has 3 atom stereocenters. The summed E-state index contributed by atoms with van der Waals surface area (Å²) in [5, 5.41) is 3.84. The standard InChI is InChI=1S/C15H26N4OS/c1-8(2)17-14(20)12-13(16)18-21-15(12)19-7-9(3)6-10(4)11(19)5/h8-11H,6-7H2,1-5H3,(H2,16,18)(H,17,20). The van der Waals surface area contributed by atoms with E-state index in [-0.39, 0.29) is 11.9 Å². The normalized spacial score (nSPS) is 26.2. The number of hydrogen-bond acceptors (Lipinski definition) is 5. The van der Waals surface area contributed by atoms with Crippen molar-refractivity contribution in [1.29, 1.82) is 0 Å². The smallest absolute Gasteiger partial charge is 0.258 e. The Kier molecular flexibility index (Phi) is 4.76. The second kappa shape index (κ2) is 6.22. The predicted octanol–water partition coefficient (Wildman–Crippen LogP) is 2.73. The highest BCUT2D eigenvalue weighted by Gasteiger charge is 2.33. The molecule has 3 unspecified atom stereocenters. The Hall–Kier alpha value is -1.30. The average Bonchev–Trinajstić information content (AvgIpc) is 2.74. The van der Waals surface area contributed by atoms with E-state index in [2.05, 4.69) is 35.4 Å². The van der Waals surface area contributed by atoms with Crippen LogP contribution in [0.15, 0.2) is 0 Å². The van der Waals surface area contributed by atoms with E-state index < -0.39 is 0 Å². The fourth-order valence-electron chi connectivity index (χ4n) is 3.02. The lowest BCUT2D eigenvalue weighted by molar-refractivity contribution is 0.0944. The number of amides is 1. The molecule has 3 N–H and O–H groups in total. The van der Waals surface area contributed by atoms with Crippen molar-refractivity contribution in [3.8, 4) is 0 Å². The number of hydrogen-bond donors (Lipinski definition) is 2. The fraction of sp³-hybridized carbons (Fsp3) is 0.733. The van der Waals surface area contributed by atoms with Crippen LogP contribution in [0.25, 0.3) is 0 Å². The van der Waals surface area contributed by atoms with Gasteiger partial charge in [0.2, 0.25) is 0 Å². The van der Waals surface area contributed by atoms with Crippen LogP contribution in [0.5, 0.6) is 0 Å². The highest BCUT2D eigenvalue weighted by atomic mass is 32.1. The summed E-state index contributed by atoms with van der Waals surface area (Å²) < 4.78 is 4.22. The van der Waals surface area contributed by atoms with Crippen LogP contribution in [0, 0.1) is 11.8 Å². The molecule has 118 valence electrons. The zero-order valence-corrected chi connectivity index (χ0v) is 14.3. The van der Waals surface area contributed by atoms with E-state index in [9.17, 15) is 4.79 Å². The number of nitrogens with one attached hydrogen (secondary N) is 1. The Morgan fingerprint density at radius 3 is 2.71 bits per heavy atom. The number of piperidine rings is 1. The second-order valence-corrected chi connectivity index (χ2v) is 7.34. The molecule has 2 rings (SSSR count). The Labute approximate surface area is 131 Å². The highest BCUT2D eigenvalue weighted by Crippen LogP contribution is 2.37. The maximum Gasteiger partial charge on any atom is 0.258 e. The van der Waals surface area contributed by atoms with Crippen LogP contribution in [0.2, 0.25) is 0 Å². The molecule has 0 bridgehead atoms. The maximum atomic E-state index is 12.4. The first-order valence-corrected chi connectivity index (χ1v) is 8.41. The van der Waals surface area contributed by atoms with Crippen LogP contribution in [0.3, 0.4) is 0 Å². The quantitative estimate of drug-likeness (QED) is 0.900. The van der Waals surface area contributed by atoms with Gasteiger partial charge < -0.3 is 16.0 Å². The first kappa shape index (κ1) is 16.1. The van der Waals surface area contributed by atoms with Gasteiger partial charge in [-0.15, -0.1) is 0 Å². The molecule has 0 aromatic carbocycles. The number of anilines is 2. The Morgan fingerprint density at radius 1 is 1.43 bits per heavy atom. The lowest BCUT2D eigenvalue weighted by Crippen LogP contribution is -2.46. The van der Waals surface area contributed by atoms with Crippen molar-refractivity contribution in [2.75, 3.05) is 17.2 Å². The van der Waals surface area contributed by atoms with Gasteiger partial charge in [-0.3, -0.25) is 4.79 Å². The minimum atomic E-state index is -0.121. The summed E-state index contributed by atoms with van der Waals surface area (Å²) in [6, 6.07) is 0.480. The second-order valence-electron chi connectivity index (χ2n) is 6.59. The molecule has 1 aliphatic heterocycles. The molecule has 21 heavy (non-hydrogen) atoms. The fourth-order valence-corrected chi connectivity index (χ4v) is 3.93. The van der Waals surface area contributed by atoms with Gasteiger partial charge in [-0.2, -0.15) is 4.37 Å². The third-order valence-electron chi connectivity index (χ3n) is 4.21. The predicted molar refractivity (Wildman–Crippen MR) is 88.9 cm³/mol.